The number of rotatable bonds is 0. The van der Waals surface area contributed by atoms with E-state index in [-0.39, 0.29) is 39.3 Å². The molecule has 2 aliphatic rings. The molecule has 0 saturated carbocycles. The smallest absolute Gasteiger partial charge is 0.197 e. The molecule has 4 rings (SSSR count). The van der Waals surface area contributed by atoms with Gasteiger partial charge in [0.15, 0.2) is 11.6 Å². The van der Waals surface area contributed by atoms with Crippen LogP contribution in [0.15, 0.2) is 35.9 Å². The van der Waals surface area contributed by atoms with Crippen molar-refractivity contribution >= 4 is 17.1 Å². The summed E-state index contributed by atoms with van der Waals surface area (Å²) in [5.41, 5.74) is 1.16. The van der Waals surface area contributed by atoms with Crippen LogP contribution in [0.4, 0.5) is 0 Å². The number of aromatic hydroxyl groups is 2. The van der Waals surface area contributed by atoms with Gasteiger partial charge >= 0.3 is 0 Å². The number of aliphatic hydroxyl groups is 1. The quantitative estimate of drug-likeness (QED) is 0.694. The Morgan fingerprint density at radius 2 is 1.70 bits per heavy atom. The number of ketones is 2. The fraction of sp³-hybridized carbons (Fsp3) is 0.111. The standard InChI is InChI=1S/C18H12O5/c1-7-5-9-12(11(20)6-7)14-15(17(9)22)18(23)13-8(16(14)21)3-2-4-10(13)19/h2-6,17,19-20,22H,1H3. The van der Waals surface area contributed by atoms with Gasteiger partial charge in [-0.05, 0) is 30.2 Å². The van der Waals surface area contributed by atoms with Gasteiger partial charge in [0.05, 0.1) is 5.56 Å². The third kappa shape index (κ3) is 1.59. The third-order valence-electron chi connectivity index (χ3n) is 4.37. The molecule has 0 aromatic heterocycles. The number of carbonyl (C=O) groups is 2. The second kappa shape index (κ2) is 4.30. The number of allylic oxidation sites excluding steroid dienone is 1. The number of carbonyl (C=O) groups excluding carboxylic acids is 2. The van der Waals surface area contributed by atoms with Crippen molar-refractivity contribution < 1.29 is 24.9 Å². The lowest BCUT2D eigenvalue weighted by Crippen LogP contribution is -2.21. The Labute approximate surface area is 131 Å². The Hall–Kier alpha value is -2.92. The molecule has 3 N–H and O–H groups in total. The minimum absolute atomic E-state index is 0.0214. The lowest BCUT2D eigenvalue weighted by molar-refractivity contribution is 0.0958. The molecule has 2 aliphatic carbocycles. The van der Waals surface area contributed by atoms with Crippen molar-refractivity contribution in [2.45, 2.75) is 13.0 Å². The first-order valence-electron chi connectivity index (χ1n) is 7.09. The number of benzene rings is 2. The summed E-state index contributed by atoms with van der Waals surface area (Å²) >= 11 is 0. The van der Waals surface area contributed by atoms with E-state index in [9.17, 15) is 24.9 Å². The van der Waals surface area contributed by atoms with Gasteiger partial charge in [-0.25, -0.2) is 0 Å². The maximum absolute atomic E-state index is 12.8. The van der Waals surface area contributed by atoms with Crippen LogP contribution in [-0.4, -0.2) is 26.9 Å². The fourth-order valence-electron chi connectivity index (χ4n) is 3.42. The minimum Gasteiger partial charge on any atom is -0.507 e. The van der Waals surface area contributed by atoms with Crippen molar-refractivity contribution in [3.63, 3.8) is 0 Å². The van der Waals surface area contributed by atoms with Crippen LogP contribution >= 0.6 is 0 Å². The molecular weight excluding hydrogens is 296 g/mol. The molecule has 5 nitrogen and oxygen atoms in total. The summed E-state index contributed by atoms with van der Waals surface area (Å²) in [5.74, 6) is -1.51. The second-order valence-electron chi connectivity index (χ2n) is 5.80. The Morgan fingerprint density at radius 3 is 2.43 bits per heavy atom. The van der Waals surface area contributed by atoms with E-state index in [2.05, 4.69) is 0 Å². The van der Waals surface area contributed by atoms with Gasteiger partial charge in [-0.1, -0.05) is 18.2 Å². The Morgan fingerprint density at radius 1 is 0.957 bits per heavy atom. The molecule has 0 saturated heterocycles. The molecule has 2 aromatic rings. The molecule has 0 aliphatic heterocycles. The van der Waals surface area contributed by atoms with E-state index >= 15 is 0 Å². The van der Waals surface area contributed by atoms with Crippen LogP contribution < -0.4 is 0 Å². The molecule has 0 spiro atoms. The molecule has 0 bridgehead atoms. The summed E-state index contributed by atoms with van der Waals surface area (Å²) in [6, 6.07) is 7.38. The maximum Gasteiger partial charge on any atom is 0.197 e. The van der Waals surface area contributed by atoms with Crippen molar-refractivity contribution in [1.29, 1.82) is 0 Å². The van der Waals surface area contributed by atoms with Crippen molar-refractivity contribution in [1.82, 2.24) is 0 Å². The lowest BCUT2D eigenvalue weighted by atomic mass is 9.83. The Kier molecular flexibility index (Phi) is 2.57. The van der Waals surface area contributed by atoms with Gasteiger partial charge in [0.1, 0.15) is 17.6 Å². The first kappa shape index (κ1) is 13.7. The fourth-order valence-corrected chi connectivity index (χ4v) is 3.42. The topological polar surface area (TPSA) is 94.8 Å². The van der Waals surface area contributed by atoms with E-state index in [0.717, 1.165) is 0 Å². The molecule has 1 unspecified atom stereocenters. The number of phenols is 2. The number of Topliss-reactive ketones (excluding diaryl/α,β-unsaturated/α-hetero) is 2. The molecular formula is C18H12O5. The van der Waals surface area contributed by atoms with Crippen LogP contribution in [-0.2, 0) is 0 Å². The number of aliphatic hydroxyl groups excluding tert-OH is 1. The summed E-state index contributed by atoms with van der Waals surface area (Å²) in [5, 5.41) is 30.7. The van der Waals surface area contributed by atoms with Crippen LogP contribution in [0.3, 0.4) is 0 Å². The van der Waals surface area contributed by atoms with E-state index in [1.54, 1.807) is 13.0 Å². The second-order valence-corrected chi connectivity index (χ2v) is 5.80. The molecule has 114 valence electrons. The number of hydrogen-bond acceptors (Lipinski definition) is 5. The average molecular weight is 308 g/mol. The molecule has 23 heavy (non-hydrogen) atoms. The van der Waals surface area contributed by atoms with Crippen LogP contribution in [0.1, 0.15) is 43.5 Å². The predicted octanol–water partition coefficient (Wildman–Crippen LogP) is 2.29. The van der Waals surface area contributed by atoms with Crippen molar-refractivity contribution in [3.8, 4) is 11.5 Å². The van der Waals surface area contributed by atoms with Crippen molar-refractivity contribution in [2.24, 2.45) is 0 Å². The normalized spacial score (nSPS) is 18.8. The molecule has 2 aromatic carbocycles. The van der Waals surface area contributed by atoms with E-state index in [1.165, 1.54) is 24.3 Å². The van der Waals surface area contributed by atoms with E-state index in [4.69, 9.17) is 0 Å². The number of fused-ring (bicyclic) bond motifs is 3. The number of phenolic OH excluding ortho intramolecular Hbond substituents is 2. The number of aryl methyl sites for hydroxylation is 1. The van der Waals surface area contributed by atoms with Gasteiger partial charge in [-0.2, -0.15) is 0 Å². The average Bonchev–Trinajstić information content (AvgIpc) is 2.79. The van der Waals surface area contributed by atoms with Gasteiger partial charge in [0, 0.05) is 22.3 Å². The monoisotopic (exact) mass is 308 g/mol. The van der Waals surface area contributed by atoms with E-state index < -0.39 is 17.7 Å². The summed E-state index contributed by atoms with van der Waals surface area (Å²) in [6.45, 7) is 1.74. The summed E-state index contributed by atoms with van der Waals surface area (Å²) in [7, 11) is 0. The van der Waals surface area contributed by atoms with Crippen LogP contribution in [0.25, 0.3) is 5.57 Å². The van der Waals surface area contributed by atoms with Crippen molar-refractivity contribution in [3.05, 3.63) is 63.7 Å². The van der Waals surface area contributed by atoms with Gasteiger partial charge in [0.25, 0.3) is 0 Å². The van der Waals surface area contributed by atoms with Gasteiger partial charge in [-0.3, -0.25) is 9.59 Å². The SMILES string of the molecule is Cc1cc(O)c2c(c1)C(O)C1=C2C(=O)c2cccc(O)c2C1=O. The van der Waals surface area contributed by atoms with Crippen molar-refractivity contribution in [2.75, 3.05) is 0 Å². The molecule has 0 radical (unpaired) electrons. The highest BCUT2D eigenvalue weighted by Gasteiger charge is 2.44. The van der Waals surface area contributed by atoms with Crippen LogP contribution in [0.5, 0.6) is 11.5 Å². The van der Waals surface area contributed by atoms with Gasteiger partial charge in [0.2, 0.25) is 0 Å². The molecule has 1 atom stereocenters. The van der Waals surface area contributed by atoms with E-state index in [1.807, 2.05) is 0 Å². The molecule has 0 heterocycles. The highest BCUT2D eigenvalue weighted by atomic mass is 16.3. The van der Waals surface area contributed by atoms with Gasteiger partial charge in [-0.15, -0.1) is 0 Å². The predicted molar refractivity (Wildman–Crippen MR) is 81.5 cm³/mol. The summed E-state index contributed by atoms with van der Waals surface area (Å²) < 4.78 is 0. The Balaban J connectivity index is 2.06. The minimum atomic E-state index is -1.30. The first-order chi connectivity index (χ1) is 10.9. The largest absolute Gasteiger partial charge is 0.507 e. The molecule has 5 heteroatoms. The summed E-state index contributed by atoms with van der Waals surface area (Å²) in [6.07, 6.45) is -1.30. The zero-order valence-corrected chi connectivity index (χ0v) is 12.1. The first-order valence-corrected chi connectivity index (χ1v) is 7.09. The van der Waals surface area contributed by atoms with E-state index in [0.29, 0.717) is 11.1 Å². The lowest BCUT2D eigenvalue weighted by Gasteiger charge is -2.18. The molecule has 0 fully saturated rings. The molecule has 0 amide bonds. The Bertz CT molecular complexity index is 952. The zero-order chi connectivity index (χ0) is 16.5. The zero-order valence-electron chi connectivity index (χ0n) is 12.1. The maximum atomic E-state index is 12.8. The van der Waals surface area contributed by atoms with Crippen LogP contribution in [0, 0.1) is 6.92 Å². The van der Waals surface area contributed by atoms with Gasteiger partial charge < -0.3 is 15.3 Å². The highest BCUT2D eigenvalue weighted by Crippen LogP contribution is 2.50. The third-order valence-corrected chi connectivity index (χ3v) is 4.37. The summed E-state index contributed by atoms with van der Waals surface area (Å²) in [4.78, 5) is 25.5. The highest BCUT2D eigenvalue weighted by molar-refractivity contribution is 6.42. The number of hydrogen-bond donors (Lipinski definition) is 3. The van der Waals surface area contributed by atoms with Crippen LogP contribution in [0.2, 0.25) is 0 Å².